The van der Waals surface area contributed by atoms with E-state index in [1.807, 2.05) is 128 Å². The highest BCUT2D eigenvalue weighted by Crippen LogP contribution is 2.05. The fourth-order valence-electron chi connectivity index (χ4n) is 3.24. The summed E-state index contributed by atoms with van der Waals surface area (Å²) in [6.45, 7) is 1.82. The van der Waals surface area contributed by atoms with Gasteiger partial charge in [-0.3, -0.25) is 0 Å². The van der Waals surface area contributed by atoms with Crippen molar-refractivity contribution in [3.05, 3.63) is 136 Å². The second kappa shape index (κ2) is 12.8. The Labute approximate surface area is 221 Å². The Morgan fingerprint density at radius 2 is 0.800 bits per heavy atom. The van der Waals surface area contributed by atoms with Crippen molar-refractivity contribution in [1.29, 1.82) is 0 Å². The van der Waals surface area contributed by atoms with Gasteiger partial charge in [-0.1, -0.05) is 79.7 Å². The quantitative estimate of drug-likeness (QED) is 0.178. The van der Waals surface area contributed by atoms with E-state index in [-0.39, 0.29) is 0 Å². The summed E-state index contributed by atoms with van der Waals surface area (Å²) < 4.78 is 16.3. The zero-order chi connectivity index (χ0) is 24.5. The monoisotopic (exact) mass is 692 g/mol. The standard InChI is InChI=1S/C29H26I2O4/c1-2-27(28(32)34-30(23-15-7-3-8-16-23)24-17-9-4-10-18-24)29(33)35-31(25-19-11-5-12-20-25)26-21-13-6-14-22-26/h3-22,27H,2H2,1H3/q+2. The number of carbonyl (C=O) groups is 2. The molecule has 6 heteroatoms. The predicted octanol–water partition coefficient (Wildman–Crippen LogP) is -0.342. The van der Waals surface area contributed by atoms with Crippen LogP contribution >= 0.6 is 0 Å². The molecule has 35 heavy (non-hydrogen) atoms. The Kier molecular flexibility index (Phi) is 9.30. The van der Waals surface area contributed by atoms with E-state index in [0.29, 0.717) is 6.42 Å². The molecule has 4 nitrogen and oxygen atoms in total. The van der Waals surface area contributed by atoms with Crippen LogP contribution in [0.4, 0.5) is 0 Å². The minimum atomic E-state index is -2.54. The van der Waals surface area contributed by atoms with Crippen LogP contribution in [0.25, 0.3) is 0 Å². The molecule has 0 spiro atoms. The van der Waals surface area contributed by atoms with Gasteiger partial charge in [0.05, 0.1) is 0 Å². The van der Waals surface area contributed by atoms with E-state index in [1.165, 1.54) is 0 Å². The van der Waals surface area contributed by atoms with Crippen molar-refractivity contribution in [2.45, 2.75) is 13.3 Å². The topological polar surface area (TPSA) is 52.6 Å². The number of rotatable bonds is 9. The average molecular weight is 692 g/mol. The molecule has 0 heterocycles. The highest BCUT2D eigenvalue weighted by molar-refractivity contribution is 5.94. The van der Waals surface area contributed by atoms with Crippen molar-refractivity contribution < 1.29 is 56.2 Å². The zero-order valence-corrected chi connectivity index (χ0v) is 23.5. The molecule has 0 aliphatic heterocycles. The van der Waals surface area contributed by atoms with Gasteiger partial charge in [0.15, 0.2) is 20.2 Å². The Morgan fingerprint density at radius 1 is 0.543 bits per heavy atom. The maximum Gasteiger partial charge on any atom is 0.374 e. The van der Waals surface area contributed by atoms with Gasteiger partial charge in [0.25, 0.3) is 0 Å². The lowest BCUT2D eigenvalue weighted by atomic mass is 10.1. The maximum absolute atomic E-state index is 13.4. The van der Waals surface area contributed by atoms with Crippen LogP contribution in [0.1, 0.15) is 13.3 Å². The van der Waals surface area contributed by atoms with Gasteiger partial charge in [-0.15, -0.1) is 0 Å². The molecule has 0 saturated carbocycles. The predicted molar refractivity (Wildman–Crippen MR) is 127 cm³/mol. The van der Waals surface area contributed by atoms with Crippen LogP contribution in [0.15, 0.2) is 121 Å². The first-order valence-electron chi connectivity index (χ1n) is 11.2. The van der Waals surface area contributed by atoms with Gasteiger partial charge in [-0.2, -0.15) is 0 Å². The van der Waals surface area contributed by atoms with Gasteiger partial charge in [-0.25, -0.2) is 15.7 Å². The third kappa shape index (κ3) is 6.70. The normalized spacial score (nSPS) is 11.0. The van der Waals surface area contributed by atoms with E-state index in [1.54, 1.807) is 0 Å². The van der Waals surface area contributed by atoms with E-state index in [0.717, 1.165) is 14.3 Å². The van der Waals surface area contributed by atoms with Crippen LogP contribution in [-0.4, -0.2) is 11.9 Å². The lowest BCUT2D eigenvalue weighted by Gasteiger charge is -2.11. The number of benzene rings is 4. The maximum atomic E-state index is 13.4. The summed E-state index contributed by atoms with van der Waals surface area (Å²) in [6, 6.07) is 39.2. The molecule has 4 aromatic carbocycles. The highest BCUT2D eigenvalue weighted by Gasteiger charge is 2.43. The molecule has 4 rings (SSSR count). The number of hydrogen-bond acceptors (Lipinski definition) is 4. The summed E-state index contributed by atoms with van der Waals surface area (Å²) in [7, 11) is 0. The van der Waals surface area contributed by atoms with Crippen LogP contribution in [0.2, 0.25) is 0 Å². The molecule has 0 fully saturated rings. The summed E-state index contributed by atoms with van der Waals surface area (Å²) in [6.07, 6.45) is 0.318. The molecule has 4 aromatic rings. The van der Waals surface area contributed by atoms with E-state index >= 15 is 0 Å². The van der Waals surface area contributed by atoms with Crippen molar-refractivity contribution >= 4 is 11.9 Å². The summed E-state index contributed by atoms with van der Waals surface area (Å²) in [5.74, 6) is -1.98. The Morgan fingerprint density at radius 3 is 1.03 bits per heavy atom. The first-order chi connectivity index (χ1) is 17.2. The van der Waals surface area contributed by atoms with Gasteiger partial charge in [0.1, 0.15) is 0 Å². The first-order valence-corrected chi connectivity index (χ1v) is 17.3. The average Bonchev–Trinajstić information content (AvgIpc) is 2.92. The first kappa shape index (κ1) is 25.4. The van der Waals surface area contributed by atoms with Crippen LogP contribution in [0.5, 0.6) is 0 Å². The molecule has 0 saturated heterocycles. The Balaban J connectivity index is 1.57. The molecule has 0 N–H and O–H groups in total. The zero-order valence-electron chi connectivity index (χ0n) is 19.2. The Bertz CT molecular complexity index is 1040. The van der Waals surface area contributed by atoms with Crippen molar-refractivity contribution in [2.75, 3.05) is 0 Å². The van der Waals surface area contributed by atoms with E-state index in [9.17, 15) is 9.59 Å². The fraction of sp³-hybridized carbons (Fsp3) is 0.103. The van der Waals surface area contributed by atoms with Gasteiger partial charge in [0.2, 0.25) is 0 Å². The van der Waals surface area contributed by atoms with Crippen LogP contribution in [-0.2, 0) is 15.7 Å². The van der Waals surface area contributed by atoms with Gasteiger partial charge in [0, 0.05) is 0 Å². The summed E-state index contributed by atoms with van der Waals surface area (Å²) in [4.78, 5) is 26.7. The van der Waals surface area contributed by atoms with Crippen LogP contribution in [0, 0.1) is 20.2 Å². The lowest BCUT2D eigenvalue weighted by molar-refractivity contribution is -1.04. The van der Waals surface area contributed by atoms with E-state index in [4.69, 9.17) is 6.13 Å². The fourth-order valence-corrected chi connectivity index (χ4v) is 11.4. The molecule has 0 bridgehead atoms. The van der Waals surface area contributed by atoms with Gasteiger partial charge < -0.3 is 0 Å². The second-order valence-electron chi connectivity index (χ2n) is 7.43. The van der Waals surface area contributed by atoms with Crippen LogP contribution < -0.4 is 40.5 Å². The summed E-state index contributed by atoms with van der Waals surface area (Å²) >= 11 is -5.08. The molecule has 0 aliphatic carbocycles. The molecule has 0 unspecified atom stereocenters. The highest BCUT2D eigenvalue weighted by atomic mass is 127. The van der Waals surface area contributed by atoms with E-state index in [2.05, 4.69) is 0 Å². The number of carbonyl (C=O) groups excluding carboxylic acids is 2. The summed E-state index contributed by atoms with van der Waals surface area (Å²) in [5.41, 5.74) is 0. The molecule has 0 atom stereocenters. The van der Waals surface area contributed by atoms with Gasteiger partial charge in [-0.05, 0) is 55.0 Å². The SMILES string of the molecule is CCC(C(=O)O[I+](c1ccccc1)c1ccccc1)C(=O)O[I+](c1ccccc1)c1ccccc1. The van der Waals surface area contributed by atoms with Gasteiger partial charge >= 0.3 is 52.4 Å². The minimum absolute atomic E-state index is 0.318. The van der Waals surface area contributed by atoms with Crippen molar-refractivity contribution in [3.63, 3.8) is 0 Å². The van der Waals surface area contributed by atoms with Crippen molar-refractivity contribution in [1.82, 2.24) is 0 Å². The largest absolute Gasteiger partial charge is 0.374 e. The van der Waals surface area contributed by atoms with Crippen molar-refractivity contribution in [3.8, 4) is 0 Å². The third-order valence-corrected chi connectivity index (χ3v) is 14.2. The molecule has 178 valence electrons. The molecule has 0 aliphatic rings. The van der Waals surface area contributed by atoms with E-state index < -0.39 is 58.3 Å². The smallest absolute Gasteiger partial charge is 0.246 e. The third-order valence-electron chi connectivity index (χ3n) is 5.01. The number of halogens is 2. The minimum Gasteiger partial charge on any atom is -0.246 e. The van der Waals surface area contributed by atoms with Crippen LogP contribution in [0.3, 0.4) is 0 Å². The Hall–Kier alpha value is -2.72. The number of hydrogen-bond donors (Lipinski definition) is 0. The van der Waals surface area contributed by atoms with Crippen molar-refractivity contribution in [2.24, 2.45) is 5.92 Å². The molecule has 0 aromatic heterocycles. The molecule has 0 amide bonds. The molecule has 2 radical (unpaired) electrons. The molecular weight excluding hydrogens is 666 g/mol. The summed E-state index contributed by atoms with van der Waals surface area (Å²) in [5, 5.41) is 0. The lowest BCUT2D eigenvalue weighted by Crippen LogP contribution is -3.86. The second-order valence-corrected chi connectivity index (χ2v) is 16.1. The molecular formula is C29H26I2O4+2.